The van der Waals surface area contributed by atoms with Crippen molar-refractivity contribution in [1.82, 2.24) is 15.0 Å². The van der Waals surface area contributed by atoms with Crippen LogP contribution >= 0.6 is 11.3 Å². The van der Waals surface area contributed by atoms with E-state index in [1.165, 1.54) is 0 Å². The molecule has 0 amide bonds. The number of thiophene rings is 1. The summed E-state index contributed by atoms with van der Waals surface area (Å²) in [5, 5.41) is 2.23. The Balaban J connectivity index is 2.64. The Morgan fingerprint density at radius 3 is 3.00 bits per heavy atom. The highest BCUT2D eigenvalue weighted by Gasteiger charge is 2.04. The number of aromatic nitrogens is 3. The van der Waals surface area contributed by atoms with Crippen molar-refractivity contribution in [2.75, 3.05) is 0 Å². The Morgan fingerprint density at radius 2 is 2.00 bits per heavy atom. The summed E-state index contributed by atoms with van der Waals surface area (Å²) in [4.78, 5) is 14.5. The molecule has 3 aromatic rings. The summed E-state index contributed by atoms with van der Waals surface area (Å²) in [5.74, 6) is 0. The van der Waals surface area contributed by atoms with Crippen LogP contribution in [0.1, 0.15) is 0 Å². The van der Waals surface area contributed by atoms with Crippen LogP contribution in [0, 0.1) is 0 Å². The van der Waals surface area contributed by atoms with E-state index >= 15 is 0 Å². The summed E-state index contributed by atoms with van der Waals surface area (Å²) >= 11 is 1.60. The fourth-order valence-electron chi connectivity index (χ4n) is 1.35. The summed E-state index contributed by atoms with van der Waals surface area (Å²) in [5.41, 5.74) is 0. The van der Waals surface area contributed by atoms with Crippen molar-refractivity contribution in [3.63, 3.8) is 0 Å². The van der Waals surface area contributed by atoms with Crippen molar-refractivity contribution in [1.29, 1.82) is 0 Å². The average molecular weight is 187 g/mol. The van der Waals surface area contributed by atoms with Gasteiger partial charge in [-0.05, 0) is 12.1 Å². The molecule has 4 heteroatoms. The average Bonchev–Trinajstić information content (AvgIpc) is 2.56. The molecule has 0 spiro atoms. The highest BCUT2D eigenvalue weighted by Crippen LogP contribution is 2.29. The molecule has 3 aromatic heterocycles. The molecular weight excluding hydrogens is 182 g/mol. The largest absolute Gasteiger partial charge is 0.245 e. The number of nitrogens with zero attached hydrogens (tertiary/aromatic N) is 3. The predicted octanol–water partition coefficient (Wildman–Crippen LogP) is 2.24. The highest BCUT2D eigenvalue weighted by molar-refractivity contribution is 7.25. The Morgan fingerprint density at radius 1 is 1.08 bits per heavy atom. The lowest BCUT2D eigenvalue weighted by atomic mass is 10.3. The van der Waals surface area contributed by atoms with Gasteiger partial charge in [-0.15, -0.1) is 0 Å². The van der Waals surface area contributed by atoms with Crippen LogP contribution in [0.2, 0.25) is 0 Å². The van der Waals surface area contributed by atoms with Crippen LogP contribution in [-0.4, -0.2) is 15.0 Å². The molecule has 3 rings (SSSR count). The summed E-state index contributed by atoms with van der Waals surface area (Å²) in [6.07, 6.45) is 5.20. The quantitative estimate of drug-likeness (QED) is 0.541. The SMILES string of the molecule is c1cnc2sc3ncncc3c2c1. The molecule has 0 aliphatic heterocycles. The van der Waals surface area contributed by atoms with Crippen molar-refractivity contribution in [2.45, 2.75) is 0 Å². The molecule has 0 atom stereocenters. The fraction of sp³-hybridized carbons (Fsp3) is 0. The fourth-order valence-corrected chi connectivity index (χ4v) is 2.31. The molecule has 0 saturated carbocycles. The van der Waals surface area contributed by atoms with Gasteiger partial charge in [-0.25, -0.2) is 15.0 Å². The van der Waals surface area contributed by atoms with E-state index in [0.717, 1.165) is 20.4 Å². The second kappa shape index (κ2) is 2.47. The van der Waals surface area contributed by atoms with Gasteiger partial charge in [0.15, 0.2) is 0 Å². The molecule has 0 unspecified atom stereocenters. The number of pyridine rings is 1. The molecule has 0 aliphatic carbocycles. The molecule has 0 aromatic carbocycles. The molecule has 0 saturated heterocycles. The Hall–Kier alpha value is -1.55. The first kappa shape index (κ1) is 6.91. The lowest BCUT2D eigenvalue weighted by Crippen LogP contribution is -1.74. The van der Waals surface area contributed by atoms with Crippen molar-refractivity contribution in [2.24, 2.45) is 0 Å². The van der Waals surface area contributed by atoms with Gasteiger partial charge in [0.25, 0.3) is 0 Å². The minimum atomic E-state index is 1.00. The summed E-state index contributed by atoms with van der Waals surface area (Å²) in [6.45, 7) is 0. The molecular formula is C9H5N3S. The Bertz CT molecular complexity index is 523. The van der Waals surface area contributed by atoms with Gasteiger partial charge in [-0.2, -0.15) is 0 Å². The second-order valence-electron chi connectivity index (χ2n) is 2.70. The first-order valence-electron chi connectivity index (χ1n) is 3.88. The number of rotatable bonds is 0. The minimum Gasteiger partial charge on any atom is -0.245 e. The van der Waals surface area contributed by atoms with Crippen LogP contribution in [0.15, 0.2) is 30.9 Å². The third kappa shape index (κ3) is 0.922. The van der Waals surface area contributed by atoms with E-state index in [0.29, 0.717) is 0 Å². The summed E-state index contributed by atoms with van der Waals surface area (Å²) < 4.78 is 0. The first-order valence-corrected chi connectivity index (χ1v) is 4.70. The lowest BCUT2D eigenvalue weighted by molar-refractivity contribution is 1.24. The maximum absolute atomic E-state index is 4.27. The van der Waals surface area contributed by atoms with Gasteiger partial charge in [0, 0.05) is 23.2 Å². The zero-order valence-corrected chi connectivity index (χ0v) is 7.45. The molecule has 13 heavy (non-hydrogen) atoms. The minimum absolute atomic E-state index is 1.00. The number of hydrogen-bond acceptors (Lipinski definition) is 4. The number of hydrogen-bond donors (Lipinski definition) is 0. The molecule has 0 radical (unpaired) electrons. The van der Waals surface area contributed by atoms with E-state index in [-0.39, 0.29) is 0 Å². The highest BCUT2D eigenvalue weighted by atomic mass is 32.1. The predicted molar refractivity (Wildman–Crippen MR) is 52.7 cm³/mol. The summed E-state index contributed by atoms with van der Waals surface area (Å²) in [7, 11) is 0. The standard InChI is InChI=1S/C9H5N3S/c1-2-6-7-4-10-5-12-9(7)13-8(6)11-3-1/h1-5H. The van der Waals surface area contributed by atoms with Gasteiger partial charge in [-0.1, -0.05) is 11.3 Å². The third-order valence-corrected chi connectivity index (χ3v) is 2.97. The smallest absolute Gasteiger partial charge is 0.129 e. The van der Waals surface area contributed by atoms with Gasteiger partial charge < -0.3 is 0 Å². The van der Waals surface area contributed by atoms with Crippen LogP contribution in [0.5, 0.6) is 0 Å². The Kier molecular flexibility index (Phi) is 1.31. The van der Waals surface area contributed by atoms with Crippen molar-refractivity contribution < 1.29 is 0 Å². The zero-order valence-electron chi connectivity index (χ0n) is 6.64. The first-order chi connectivity index (χ1) is 6.45. The van der Waals surface area contributed by atoms with Crippen molar-refractivity contribution in [3.05, 3.63) is 30.9 Å². The molecule has 3 nitrogen and oxygen atoms in total. The van der Waals surface area contributed by atoms with Crippen molar-refractivity contribution >= 4 is 31.8 Å². The van der Waals surface area contributed by atoms with Crippen LogP contribution < -0.4 is 0 Å². The Labute approximate surface area is 78.1 Å². The summed E-state index contributed by atoms with van der Waals surface area (Å²) in [6, 6.07) is 3.98. The van der Waals surface area contributed by atoms with Crippen molar-refractivity contribution in [3.8, 4) is 0 Å². The van der Waals surface area contributed by atoms with Gasteiger partial charge in [-0.3, -0.25) is 0 Å². The van der Waals surface area contributed by atoms with E-state index in [1.54, 1.807) is 23.9 Å². The van der Waals surface area contributed by atoms with Crippen LogP contribution in [0.3, 0.4) is 0 Å². The second-order valence-corrected chi connectivity index (χ2v) is 3.68. The van der Waals surface area contributed by atoms with Gasteiger partial charge in [0.2, 0.25) is 0 Å². The zero-order chi connectivity index (χ0) is 8.67. The van der Waals surface area contributed by atoms with Crippen LogP contribution in [0.25, 0.3) is 20.4 Å². The van der Waals surface area contributed by atoms with E-state index in [4.69, 9.17) is 0 Å². The van der Waals surface area contributed by atoms with Crippen LogP contribution in [-0.2, 0) is 0 Å². The monoisotopic (exact) mass is 187 g/mol. The molecule has 0 bridgehead atoms. The van der Waals surface area contributed by atoms with Gasteiger partial charge in [0.1, 0.15) is 16.0 Å². The topological polar surface area (TPSA) is 38.7 Å². The van der Waals surface area contributed by atoms with E-state index < -0.39 is 0 Å². The molecule has 0 N–H and O–H groups in total. The number of fused-ring (bicyclic) bond motifs is 3. The van der Waals surface area contributed by atoms with Gasteiger partial charge >= 0.3 is 0 Å². The third-order valence-electron chi connectivity index (χ3n) is 1.93. The molecule has 0 fully saturated rings. The molecule has 0 aliphatic rings. The van der Waals surface area contributed by atoms with E-state index in [1.807, 2.05) is 18.3 Å². The lowest BCUT2D eigenvalue weighted by Gasteiger charge is -1.86. The maximum atomic E-state index is 4.27. The molecule has 3 heterocycles. The van der Waals surface area contributed by atoms with E-state index in [2.05, 4.69) is 15.0 Å². The van der Waals surface area contributed by atoms with Crippen LogP contribution in [0.4, 0.5) is 0 Å². The van der Waals surface area contributed by atoms with Gasteiger partial charge in [0.05, 0.1) is 0 Å². The normalized spacial score (nSPS) is 11.1. The molecule has 62 valence electrons. The maximum Gasteiger partial charge on any atom is 0.129 e. The van der Waals surface area contributed by atoms with E-state index in [9.17, 15) is 0 Å².